The Balaban J connectivity index is 2.86. The monoisotopic (exact) mass is 418 g/mol. The van der Waals surface area contributed by atoms with E-state index in [1.54, 1.807) is 11.0 Å². The first-order chi connectivity index (χ1) is 14.0. The minimum absolute atomic E-state index is 0.368. The molecule has 0 radical (unpaired) electrons. The summed E-state index contributed by atoms with van der Waals surface area (Å²) in [4.78, 5) is 78.9. The zero-order chi connectivity index (χ0) is 22.6. The summed E-state index contributed by atoms with van der Waals surface area (Å²) in [7, 11) is 0. The molecule has 2 amide bonds. The van der Waals surface area contributed by atoms with Gasteiger partial charge in [0.25, 0.3) is 11.8 Å². The van der Waals surface area contributed by atoms with Crippen molar-refractivity contribution in [1.82, 2.24) is 11.0 Å². The summed E-state index contributed by atoms with van der Waals surface area (Å²) in [5.74, 6) is -6.89. The van der Waals surface area contributed by atoms with Gasteiger partial charge in [0, 0.05) is 24.6 Å². The topological polar surface area (TPSA) is 185 Å². The first kappa shape index (κ1) is 21.8. The van der Waals surface area contributed by atoms with Crippen molar-refractivity contribution in [2.75, 3.05) is 0 Å². The van der Waals surface area contributed by atoms with Crippen LogP contribution in [0, 0.1) is 0 Å². The van der Waals surface area contributed by atoms with Crippen LogP contribution in [-0.4, -0.2) is 45.9 Å². The molecular formula is C18H14N2O10. The van der Waals surface area contributed by atoms with E-state index in [-0.39, 0.29) is 16.5 Å². The van der Waals surface area contributed by atoms with Gasteiger partial charge in [0.15, 0.2) is 0 Å². The number of nitrogens with one attached hydrogen (secondary N) is 2. The zero-order valence-electron chi connectivity index (χ0n) is 15.5. The minimum atomic E-state index is -1.52. The van der Waals surface area contributed by atoms with Crippen molar-refractivity contribution in [2.24, 2.45) is 0 Å². The number of hydroxylamine groups is 2. The maximum absolute atomic E-state index is 12.5. The molecule has 0 aromatic heterocycles. The van der Waals surface area contributed by atoms with Crippen molar-refractivity contribution in [2.45, 2.75) is 13.8 Å². The molecule has 12 heteroatoms. The van der Waals surface area contributed by atoms with Crippen molar-refractivity contribution in [1.29, 1.82) is 0 Å². The number of carbonyl (C=O) groups is 6. The molecule has 0 unspecified atom stereocenters. The van der Waals surface area contributed by atoms with Gasteiger partial charge in [-0.05, 0) is 24.3 Å². The second kappa shape index (κ2) is 8.68. The Bertz CT molecular complexity index is 1020. The minimum Gasteiger partial charge on any atom is -0.478 e. The van der Waals surface area contributed by atoms with Crippen molar-refractivity contribution in [3.63, 3.8) is 0 Å². The number of carbonyl (C=O) groups excluding carboxylic acids is 4. The van der Waals surface area contributed by atoms with E-state index in [0.717, 1.165) is 38.1 Å². The SMILES string of the molecule is CC(=O)ONC(=O)c1ccc(C(=O)O)c2c(C(=O)O)ccc(C(=O)NOC(C)=O)c12. The fraction of sp³-hybridized carbons (Fsp3) is 0.111. The van der Waals surface area contributed by atoms with Crippen LogP contribution < -0.4 is 11.0 Å². The number of carboxylic acid groups (broad SMARTS) is 2. The van der Waals surface area contributed by atoms with Crippen LogP contribution in [-0.2, 0) is 19.3 Å². The van der Waals surface area contributed by atoms with Crippen LogP contribution in [0.2, 0.25) is 0 Å². The smallest absolute Gasteiger partial charge is 0.336 e. The molecule has 0 spiro atoms. The van der Waals surface area contributed by atoms with E-state index in [1.807, 2.05) is 0 Å². The van der Waals surface area contributed by atoms with Gasteiger partial charge in [0.2, 0.25) is 0 Å². The lowest BCUT2D eigenvalue weighted by Crippen LogP contribution is -2.29. The zero-order valence-corrected chi connectivity index (χ0v) is 15.5. The molecule has 0 saturated carbocycles. The van der Waals surface area contributed by atoms with Crippen LogP contribution in [0.3, 0.4) is 0 Å². The largest absolute Gasteiger partial charge is 0.478 e. The highest BCUT2D eigenvalue weighted by Gasteiger charge is 2.26. The average molecular weight is 418 g/mol. The van der Waals surface area contributed by atoms with Gasteiger partial charge in [0.1, 0.15) is 0 Å². The van der Waals surface area contributed by atoms with E-state index >= 15 is 0 Å². The molecule has 12 nitrogen and oxygen atoms in total. The van der Waals surface area contributed by atoms with Gasteiger partial charge in [-0.1, -0.05) is 0 Å². The number of hydrogen-bond acceptors (Lipinski definition) is 8. The van der Waals surface area contributed by atoms with Crippen LogP contribution >= 0.6 is 0 Å². The van der Waals surface area contributed by atoms with E-state index in [0.29, 0.717) is 0 Å². The van der Waals surface area contributed by atoms with Gasteiger partial charge in [-0.2, -0.15) is 11.0 Å². The number of aromatic carboxylic acids is 2. The molecule has 156 valence electrons. The second-order valence-electron chi connectivity index (χ2n) is 5.73. The fourth-order valence-corrected chi connectivity index (χ4v) is 2.58. The van der Waals surface area contributed by atoms with Crippen molar-refractivity contribution >= 4 is 46.5 Å². The van der Waals surface area contributed by atoms with Gasteiger partial charge < -0.3 is 19.9 Å². The van der Waals surface area contributed by atoms with E-state index in [2.05, 4.69) is 9.68 Å². The Morgan fingerprint density at radius 2 is 0.933 bits per heavy atom. The molecule has 4 N–H and O–H groups in total. The second-order valence-corrected chi connectivity index (χ2v) is 5.73. The van der Waals surface area contributed by atoms with E-state index in [4.69, 9.17) is 0 Å². The van der Waals surface area contributed by atoms with Gasteiger partial charge in [-0.3, -0.25) is 19.2 Å². The number of amides is 2. The lowest BCUT2D eigenvalue weighted by molar-refractivity contribution is -0.147. The van der Waals surface area contributed by atoms with Crippen LogP contribution in [0.15, 0.2) is 24.3 Å². The molecular weight excluding hydrogens is 404 g/mol. The number of rotatable bonds is 4. The van der Waals surface area contributed by atoms with E-state index in [1.165, 1.54) is 0 Å². The Hall–Kier alpha value is -4.48. The molecule has 0 aliphatic carbocycles. The highest BCUT2D eigenvalue weighted by Crippen LogP contribution is 2.30. The van der Waals surface area contributed by atoms with Crippen LogP contribution in [0.25, 0.3) is 10.8 Å². The predicted octanol–water partition coefficient (Wildman–Crippen LogP) is 0.652. The Kier molecular flexibility index (Phi) is 6.32. The maximum Gasteiger partial charge on any atom is 0.336 e. The van der Waals surface area contributed by atoms with Gasteiger partial charge in [0.05, 0.1) is 22.3 Å². The van der Waals surface area contributed by atoms with E-state index in [9.17, 15) is 39.0 Å². The summed E-state index contributed by atoms with van der Waals surface area (Å²) < 4.78 is 0. The molecule has 2 aromatic rings. The molecule has 0 heterocycles. The number of fused-ring (bicyclic) bond motifs is 1. The summed E-state index contributed by atoms with van der Waals surface area (Å²) >= 11 is 0. The van der Waals surface area contributed by atoms with Crippen LogP contribution in [0.4, 0.5) is 0 Å². The Morgan fingerprint density at radius 3 is 1.23 bits per heavy atom. The highest BCUT2D eigenvalue weighted by atomic mass is 16.7. The normalized spacial score (nSPS) is 10.1. The maximum atomic E-state index is 12.5. The van der Waals surface area contributed by atoms with E-state index < -0.39 is 52.2 Å². The number of hydrogen-bond donors (Lipinski definition) is 4. The molecule has 0 aliphatic rings. The molecule has 2 aromatic carbocycles. The first-order valence-electron chi connectivity index (χ1n) is 8.06. The average Bonchev–Trinajstić information content (AvgIpc) is 2.67. The summed E-state index contributed by atoms with van der Waals surface area (Å²) in [6, 6.07) is 3.96. The van der Waals surface area contributed by atoms with Crippen molar-refractivity contribution in [3.05, 3.63) is 46.5 Å². The molecule has 0 atom stereocenters. The summed E-state index contributed by atoms with van der Waals surface area (Å²) in [5, 5.41) is 18.1. The summed E-state index contributed by atoms with van der Waals surface area (Å²) in [6.45, 7) is 2.01. The molecule has 0 saturated heterocycles. The number of carboxylic acids is 2. The van der Waals surface area contributed by atoms with Gasteiger partial charge in [-0.15, -0.1) is 0 Å². The van der Waals surface area contributed by atoms with Crippen LogP contribution in [0.1, 0.15) is 55.3 Å². The van der Waals surface area contributed by atoms with Crippen LogP contribution in [0.5, 0.6) is 0 Å². The molecule has 0 fully saturated rings. The molecule has 2 rings (SSSR count). The van der Waals surface area contributed by atoms with Gasteiger partial charge >= 0.3 is 23.9 Å². The lowest BCUT2D eigenvalue weighted by Gasteiger charge is -2.15. The van der Waals surface area contributed by atoms with Crippen molar-refractivity contribution in [3.8, 4) is 0 Å². The first-order valence-corrected chi connectivity index (χ1v) is 8.06. The Morgan fingerprint density at radius 1 is 0.633 bits per heavy atom. The summed E-state index contributed by atoms with van der Waals surface area (Å²) in [6.07, 6.45) is 0. The number of benzene rings is 2. The fourth-order valence-electron chi connectivity index (χ4n) is 2.58. The lowest BCUT2D eigenvalue weighted by atomic mass is 9.91. The van der Waals surface area contributed by atoms with Crippen molar-refractivity contribution < 1.29 is 48.7 Å². The third-order valence-electron chi connectivity index (χ3n) is 3.69. The Labute approximate surface area is 167 Å². The standard InChI is InChI=1S/C18H14N2O10/c1-7(21)29-19-15(23)9-3-5-11(17(25)26)14-12(18(27)28)6-4-10(13(9)14)16(24)20-30-8(2)22/h3-6H,1-2H3,(H,19,23)(H,20,24)(H,25,26)(H,27,28). The highest BCUT2D eigenvalue weighted by molar-refractivity contribution is 6.23. The quantitative estimate of drug-likeness (QED) is 0.514. The third-order valence-corrected chi connectivity index (χ3v) is 3.69. The predicted molar refractivity (Wildman–Crippen MR) is 96.3 cm³/mol. The molecule has 0 bridgehead atoms. The third kappa shape index (κ3) is 4.49. The molecule has 30 heavy (non-hydrogen) atoms. The van der Waals surface area contributed by atoms with Gasteiger partial charge in [-0.25, -0.2) is 9.59 Å². The molecule has 0 aliphatic heterocycles. The summed E-state index contributed by atoms with van der Waals surface area (Å²) in [5.41, 5.74) is 1.86.